The molecule has 1 aromatic carbocycles. The van der Waals surface area contributed by atoms with Gasteiger partial charge in [-0.05, 0) is 30.7 Å². The van der Waals surface area contributed by atoms with Gasteiger partial charge in [0.15, 0.2) is 0 Å². The molecule has 0 aliphatic rings. The number of unbranched alkanes of at least 4 members (excludes halogenated alkanes) is 9. The van der Waals surface area contributed by atoms with Crippen LogP contribution in [-0.4, -0.2) is 15.0 Å². The first-order valence-corrected chi connectivity index (χ1v) is 11.0. The highest BCUT2D eigenvalue weighted by Crippen LogP contribution is 2.19. The Morgan fingerprint density at radius 1 is 0.826 bits per heavy atom. The molecule has 0 amide bonds. The highest BCUT2D eigenvalue weighted by atomic mass is 35.7. The van der Waals surface area contributed by atoms with Crippen molar-refractivity contribution in [3.63, 3.8) is 0 Å². The van der Waals surface area contributed by atoms with Crippen LogP contribution in [0, 0.1) is 0 Å². The summed E-state index contributed by atoms with van der Waals surface area (Å²) in [5, 5.41) is 0. The molecule has 132 valence electrons. The van der Waals surface area contributed by atoms with Crippen LogP contribution in [0.25, 0.3) is 0 Å². The van der Waals surface area contributed by atoms with Gasteiger partial charge >= 0.3 is 0 Å². The molecule has 3 nitrogen and oxygen atoms in total. The van der Waals surface area contributed by atoms with Gasteiger partial charge in [-0.25, -0.2) is 8.42 Å². The Morgan fingerprint density at radius 2 is 1.30 bits per heavy atom. The van der Waals surface area contributed by atoms with Crippen molar-refractivity contribution >= 4 is 19.7 Å². The topological polar surface area (TPSA) is 43.4 Å². The van der Waals surface area contributed by atoms with Crippen LogP contribution in [0.5, 0.6) is 5.75 Å². The third-order valence-electron chi connectivity index (χ3n) is 3.87. The summed E-state index contributed by atoms with van der Waals surface area (Å²) in [6.07, 6.45) is 13.0. The Morgan fingerprint density at radius 3 is 1.78 bits per heavy atom. The molecule has 0 aliphatic carbocycles. The van der Waals surface area contributed by atoms with Crippen molar-refractivity contribution in [3.8, 4) is 5.75 Å². The molecule has 0 spiro atoms. The van der Waals surface area contributed by atoms with Crippen molar-refractivity contribution < 1.29 is 13.2 Å². The number of halogens is 1. The largest absolute Gasteiger partial charge is 0.494 e. The zero-order chi connectivity index (χ0) is 17.0. The Balaban J connectivity index is 2.01. The maximum Gasteiger partial charge on any atom is 0.261 e. The van der Waals surface area contributed by atoms with Crippen molar-refractivity contribution in [2.24, 2.45) is 0 Å². The summed E-state index contributed by atoms with van der Waals surface area (Å²) in [4.78, 5) is 0.102. The number of ether oxygens (including phenoxy) is 1. The van der Waals surface area contributed by atoms with Gasteiger partial charge in [-0.15, -0.1) is 0 Å². The molecule has 0 atom stereocenters. The van der Waals surface area contributed by atoms with E-state index >= 15 is 0 Å². The van der Waals surface area contributed by atoms with E-state index in [1.165, 1.54) is 69.9 Å². The van der Waals surface area contributed by atoms with Crippen LogP contribution in [-0.2, 0) is 9.05 Å². The molecular weight excluding hydrogens is 332 g/mol. The van der Waals surface area contributed by atoms with Gasteiger partial charge in [-0.2, -0.15) is 0 Å². The lowest BCUT2D eigenvalue weighted by molar-refractivity contribution is 0.304. The minimum absolute atomic E-state index is 0.102. The molecule has 0 bridgehead atoms. The maximum absolute atomic E-state index is 11.1. The second-order valence-electron chi connectivity index (χ2n) is 5.94. The van der Waals surface area contributed by atoms with Crippen molar-refractivity contribution in [2.75, 3.05) is 6.61 Å². The van der Waals surface area contributed by atoms with Crippen LogP contribution in [0.4, 0.5) is 0 Å². The Hall–Kier alpha value is -0.740. The molecule has 0 saturated heterocycles. The lowest BCUT2D eigenvalue weighted by Gasteiger charge is -2.06. The van der Waals surface area contributed by atoms with E-state index in [0.29, 0.717) is 12.4 Å². The van der Waals surface area contributed by atoms with E-state index in [2.05, 4.69) is 6.92 Å². The van der Waals surface area contributed by atoms with Crippen LogP contribution >= 0.6 is 10.7 Å². The monoisotopic (exact) mass is 360 g/mol. The van der Waals surface area contributed by atoms with Crippen LogP contribution < -0.4 is 4.74 Å². The quantitative estimate of drug-likeness (QED) is 0.324. The fourth-order valence-electron chi connectivity index (χ4n) is 2.48. The second kappa shape index (κ2) is 11.7. The van der Waals surface area contributed by atoms with Gasteiger partial charge in [0.1, 0.15) is 5.75 Å². The lowest BCUT2D eigenvalue weighted by atomic mass is 10.1. The summed E-state index contributed by atoms with van der Waals surface area (Å²) in [6.45, 7) is 2.92. The summed E-state index contributed by atoms with van der Waals surface area (Å²) in [6, 6.07) is 6.23. The van der Waals surface area contributed by atoms with E-state index in [4.69, 9.17) is 15.4 Å². The molecule has 0 aromatic heterocycles. The first-order chi connectivity index (χ1) is 11.0. The SMILES string of the molecule is CCCCCCCCCCCCOc1ccc(S(=O)(=O)Cl)cc1. The second-order valence-corrected chi connectivity index (χ2v) is 8.51. The van der Waals surface area contributed by atoms with Crippen molar-refractivity contribution in [3.05, 3.63) is 24.3 Å². The molecule has 0 unspecified atom stereocenters. The van der Waals surface area contributed by atoms with Crippen LogP contribution in [0.3, 0.4) is 0 Å². The average Bonchev–Trinajstić information content (AvgIpc) is 2.52. The molecule has 0 heterocycles. The summed E-state index contributed by atoms with van der Waals surface area (Å²) in [5.74, 6) is 0.685. The first-order valence-electron chi connectivity index (χ1n) is 8.71. The number of hydrogen-bond donors (Lipinski definition) is 0. The van der Waals surface area contributed by atoms with E-state index in [0.717, 1.165) is 6.42 Å². The number of hydrogen-bond acceptors (Lipinski definition) is 3. The molecule has 5 heteroatoms. The van der Waals surface area contributed by atoms with Gasteiger partial charge in [0.25, 0.3) is 9.05 Å². The fourth-order valence-corrected chi connectivity index (χ4v) is 3.25. The highest BCUT2D eigenvalue weighted by Gasteiger charge is 2.08. The standard InChI is InChI=1S/C18H29ClO3S/c1-2-3-4-5-6-7-8-9-10-11-16-22-17-12-14-18(15-13-17)23(19,20)21/h12-15H,2-11,16H2,1H3. The minimum atomic E-state index is -3.65. The molecule has 1 aromatic rings. The van der Waals surface area contributed by atoms with Crippen molar-refractivity contribution in [1.82, 2.24) is 0 Å². The molecule has 0 fully saturated rings. The maximum atomic E-state index is 11.1. The van der Waals surface area contributed by atoms with E-state index < -0.39 is 9.05 Å². The van der Waals surface area contributed by atoms with Gasteiger partial charge in [0.05, 0.1) is 11.5 Å². The van der Waals surface area contributed by atoms with Crippen LogP contribution in [0.15, 0.2) is 29.2 Å². The Kier molecular flexibility index (Phi) is 10.4. The van der Waals surface area contributed by atoms with Gasteiger partial charge in [-0.3, -0.25) is 0 Å². The summed E-state index contributed by atoms with van der Waals surface area (Å²) < 4.78 is 27.9. The predicted molar refractivity (Wildman–Crippen MR) is 96.8 cm³/mol. The summed E-state index contributed by atoms with van der Waals surface area (Å²) >= 11 is 0. The van der Waals surface area contributed by atoms with Gasteiger partial charge in [0.2, 0.25) is 0 Å². The molecule has 0 radical (unpaired) electrons. The smallest absolute Gasteiger partial charge is 0.261 e. The van der Waals surface area contributed by atoms with Gasteiger partial charge in [0, 0.05) is 10.7 Å². The fraction of sp³-hybridized carbons (Fsp3) is 0.667. The zero-order valence-electron chi connectivity index (χ0n) is 14.1. The van der Waals surface area contributed by atoms with E-state index in [1.807, 2.05) is 0 Å². The third kappa shape index (κ3) is 9.87. The highest BCUT2D eigenvalue weighted by molar-refractivity contribution is 8.13. The molecule has 1 rings (SSSR count). The van der Waals surface area contributed by atoms with E-state index in [9.17, 15) is 8.42 Å². The summed E-state index contributed by atoms with van der Waals surface area (Å²) in [7, 11) is 1.62. The van der Waals surface area contributed by atoms with Gasteiger partial charge < -0.3 is 4.74 Å². The Labute approximate surface area is 145 Å². The van der Waals surface area contributed by atoms with Gasteiger partial charge in [-0.1, -0.05) is 64.7 Å². The summed E-state index contributed by atoms with van der Waals surface area (Å²) in [5.41, 5.74) is 0. The molecule has 0 saturated carbocycles. The van der Waals surface area contributed by atoms with Crippen LogP contribution in [0.1, 0.15) is 71.1 Å². The van der Waals surface area contributed by atoms with Crippen LogP contribution in [0.2, 0.25) is 0 Å². The molecule has 0 aliphatic heterocycles. The number of rotatable bonds is 13. The average molecular weight is 361 g/mol. The van der Waals surface area contributed by atoms with E-state index in [-0.39, 0.29) is 4.90 Å². The van der Waals surface area contributed by atoms with E-state index in [1.54, 1.807) is 12.1 Å². The molecule has 0 N–H and O–H groups in total. The predicted octanol–water partition coefficient (Wildman–Crippen LogP) is 5.91. The number of benzene rings is 1. The molecule has 23 heavy (non-hydrogen) atoms. The minimum Gasteiger partial charge on any atom is -0.494 e. The van der Waals surface area contributed by atoms with Crippen molar-refractivity contribution in [1.29, 1.82) is 0 Å². The Bertz CT molecular complexity index is 512. The zero-order valence-corrected chi connectivity index (χ0v) is 15.7. The third-order valence-corrected chi connectivity index (χ3v) is 5.24. The van der Waals surface area contributed by atoms with Crippen molar-refractivity contribution in [2.45, 2.75) is 76.0 Å². The lowest BCUT2D eigenvalue weighted by Crippen LogP contribution is -1.98. The molecular formula is C18H29ClO3S. The normalized spacial score (nSPS) is 11.6. The first kappa shape index (κ1) is 20.3.